The average Bonchev–Trinajstić information content (AvgIpc) is 2.84. The summed E-state index contributed by atoms with van der Waals surface area (Å²) >= 11 is 5.77. The van der Waals surface area contributed by atoms with E-state index in [0.717, 1.165) is 10.7 Å². The summed E-state index contributed by atoms with van der Waals surface area (Å²) in [6.07, 6.45) is 3.22. The van der Waals surface area contributed by atoms with Crippen molar-refractivity contribution >= 4 is 17.5 Å². The lowest BCUT2D eigenvalue weighted by atomic mass is 10.2. The molecule has 0 aliphatic heterocycles. The van der Waals surface area contributed by atoms with E-state index in [1.807, 2.05) is 12.1 Å². The number of halogens is 1. The number of H-pyrrole nitrogens is 1. The number of aromatic amines is 1. The van der Waals surface area contributed by atoms with Gasteiger partial charge >= 0.3 is 0 Å². The van der Waals surface area contributed by atoms with Crippen molar-refractivity contribution in [2.24, 2.45) is 5.29 Å². The first-order chi connectivity index (χ1) is 8.28. The van der Waals surface area contributed by atoms with Crippen molar-refractivity contribution in [3.8, 4) is 0 Å². The third-order valence-corrected chi connectivity index (χ3v) is 2.33. The Morgan fingerprint density at radius 3 is 2.76 bits per heavy atom. The molecule has 6 nitrogen and oxygen atoms in total. The highest BCUT2D eigenvalue weighted by Crippen LogP contribution is 2.12. The number of hydrogen-bond acceptors (Lipinski definition) is 4. The maximum atomic E-state index is 10.6. The van der Waals surface area contributed by atoms with E-state index < -0.39 is 0 Å². The van der Waals surface area contributed by atoms with E-state index in [1.54, 1.807) is 24.5 Å². The highest BCUT2D eigenvalue weighted by Gasteiger charge is 2.05. The number of benzene rings is 1. The molecular formula is C10H10ClN5O. The summed E-state index contributed by atoms with van der Waals surface area (Å²) in [5.74, 6) is 0.457. The van der Waals surface area contributed by atoms with E-state index in [4.69, 9.17) is 11.6 Å². The minimum Gasteiger partial charge on any atom is -0.330 e. The lowest BCUT2D eigenvalue weighted by molar-refractivity contribution is 0.333. The van der Waals surface area contributed by atoms with Crippen molar-refractivity contribution in [1.82, 2.24) is 15.1 Å². The molecule has 2 aromatic rings. The minimum atomic E-state index is 0.321. The van der Waals surface area contributed by atoms with E-state index in [1.165, 1.54) is 0 Å². The van der Waals surface area contributed by atoms with Gasteiger partial charge in [0.15, 0.2) is 0 Å². The molecule has 0 saturated carbocycles. The number of nitrogens with zero attached hydrogens (tertiary/aromatic N) is 3. The molecule has 0 aliphatic carbocycles. The van der Waals surface area contributed by atoms with Gasteiger partial charge in [0.05, 0.1) is 11.8 Å². The summed E-state index contributed by atoms with van der Waals surface area (Å²) in [7, 11) is 0. The van der Waals surface area contributed by atoms with E-state index in [2.05, 4.69) is 20.7 Å². The van der Waals surface area contributed by atoms with E-state index in [0.29, 0.717) is 17.5 Å². The topological polar surface area (TPSA) is 73.4 Å². The average molecular weight is 252 g/mol. The van der Waals surface area contributed by atoms with Crippen LogP contribution in [0, 0.1) is 4.91 Å². The standard InChI is InChI=1S/C10H10ClN5O/c11-9-3-1-8(2-4-9)7-16(15-17)14-10-12-5-6-13-10/h1-6H,7H2,(H2,12,13,14). The molecule has 0 radical (unpaired) electrons. The Morgan fingerprint density at radius 2 is 2.18 bits per heavy atom. The molecule has 0 amide bonds. The van der Waals surface area contributed by atoms with Gasteiger partial charge in [0, 0.05) is 17.4 Å². The Morgan fingerprint density at radius 1 is 1.41 bits per heavy atom. The maximum absolute atomic E-state index is 10.6. The fraction of sp³-hybridized carbons (Fsp3) is 0.100. The molecule has 0 saturated heterocycles. The molecule has 17 heavy (non-hydrogen) atoms. The summed E-state index contributed by atoms with van der Waals surface area (Å²) in [6.45, 7) is 0.321. The molecule has 0 bridgehead atoms. The highest BCUT2D eigenvalue weighted by atomic mass is 35.5. The van der Waals surface area contributed by atoms with E-state index in [9.17, 15) is 4.91 Å². The van der Waals surface area contributed by atoms with Crippen molar-refractivity contribution in [1.29, 1.82) is 0 Å². The van der Waals surface area contributed by atoms with Gasteiger partial charge in [-0.2, -0.15) is 5.12 Å². The number of hydrazine groups is 1. The third-order valence-electron chi connectivity index (χ3n) is 2.08. The fourth-order valence-electron chi connectivity index (χ4n) is 1.30. The third kappa shape index (κ3) is 3.18. The minimum absolute atomic E-state index is 0.321. The smallest absolute Gasteiger partial charge is 0.220 e. The molecule has 0 spiro atoms. The molecule has 1 aromatic heterocycles. The number of rotatable bonds is 5. The van der Waals surface area contributed by atoms with Crippen LogP contribution < -0.4 is 5.43 Å². The largest absolute Gasteiger partial charge is 0.330 e. The quantitative estimate of drug-likeness (QED) is 0.633. The van der Waals surface area contributed by atoms with E-state index >= 15 is 0 Å². The van der Waals surface area contributed by atoms with Crippen LogP contribution in [0.4, 0.5) is 5.95 Å². The summed E-state index contributed by atoms with van der Waals surface area (Å²) in [5, 5.41) is 4.65. The normalized spacial score (nSPS) is 9.94. The van der Waals surface area contributed by atoms with Gasteiger partial charge < -0.3 is 4.98 Å². The van der Waals surface area contributed by atoms with Gasteiger partial charge in [0.25, 0.3) is 0 Å². The van der Waals surface area contributed by atoms with Crippen LogP contribution >= 0.6 is 11.6 Å². The van der Waals surface area contributed by atoms with Crippen LogP contribution in [0.15, 0.2) is 41.9 Å². The zero-order valence-electron chi connectivity index (χ0n) is 8.80. The van der Waals surface area contributed by atoms with Crippen molar-refractivity contribution in [3.63, 3.8) is 0 Å². The summed E-state index contributed by atoms with van der Waals surface area (Å²) in [4.78, 5) is 17.4. The summed E-state index contributed by atoms with van der Waals surface area (Å²) in [6, 6.07) is 7.16. The molecule has 1 heterocycles. The van der Waals surface area contributed by atoms with Gasteiger partial charge in [-0.15, -0.1) is 4.91 Å². The molecule has 0 aliphatic rings. The van der Waals surface area contributed by atoms with Crippen molar-refractivity contribution in [2.75, 3.05) is 5.43 Å². The number of nitroso groups, excluding NO2 is 1. The fourth-order valence-corrected chi connectivity index (χ4v) is 1.43. The van der Waals surface area contributed by atoms with Crippen molar-refractivity contribution < 1.29 is 0 Å². The van der Waals surface area contributed by atoms with Gasteiger partial charge in [-0.1, -0.05) is 23.7 Å². The SMILES string of the molecule is O=NN(Cc1ccc(Cl)cc1)Nc1ncc[nH]1. The van der Waals surface area contributed by atoms with Crippen molar-refractivity contribution in [3.05, 3.63) is 52.2 Å². The first kappa shape index (κ1) is 11.4. The van der Waals surface area contributed by atoms with Crippen LogP contribution in [0.2, 0.25) is 5.02 Å². The van der Waals surface area contributed by atoms with E-state index in [-0.39, 0.29) is 0 Å². The Bertz CT molecular complexity index is 470. The first-order valence-corrected chi connectivity index (χ1v) is 5.27. The molecule has 1 aromatic carbocycles. The summed E-state index contributed by atoms with van der Waals surface area (Å²) < 4.78 is 0. The molecule has 0 fully saturated rings. The molecule has 0 atom stereocenters. The molecule has 88 valence electrons. The zero-order valence-corrected chi connectivity index (χ0v) is 9.55. The predicted octanol–water partition coefficient (Wildman–Crippen LogP) is 2.57. The Balaban J connectivity index is 2.00. The van der Waals surface area contributed by atoms with Gasteiger partial charge in [-0.25, -0.2) is 10.4 Å². The van der Waals surface area contributed by atoms with Crippen LogP contribution in [0.25, 0.3) is 0 Å². The molecule has 7 heteroatoms. The van der Waals surface area contributed by atoms with Crippen LogP contribution in [0.5, 0.6) is 0 Å². The van der Waals surface area contributed by atoms with Crippen molar-refractivity contribution in [2.45, 2.75) is 6.54 Å². The molecule has 0 unspecified atom stereocenters. The molecule has 2 N–H and O–H groups in total. The predicted molar refractivity (Wildman–Crippen MR) is 65.0 cm³/mol. The Kier molecular flexibility index (Phi) is 3.56. The van der Waals surface area contributed by atoms with Gasteiger partial charge in [0.2, 0.25) is 5.95 Å². The second kappa shape index (κ2) is 5.31. The van der Waals surface area contributed by atoms with Crippen LogP contribution in [0.1, 0.15) is 5.56 Å². The van der Waals surface area contributed by atoms with Gasteiger partial charge in [-0.3, -0.25) is 0 Å². The number of anilines is 1. The maximum Gasteiger partial charge on any atom is 0.220 e. The lowest BCUT2D eigenvalue weighted by Crippen LogP contribution is -2.23. The second-order valence-corrected chi connectivity index (χ2v) is 3.75. The Hall–Kier alpha value is -2.08. The monoisotopic (exact) mass is 251 g/mol. The van der Waals surface area contributed by atoms with Crippen LogP contribution in [-0.4, -0.2) is 15.1 Å². The van der Waals surface area contributed by atoms with Crippen LogP contribution in [-0.2, 0) is 6.54 Å². The van der Waals surface area contributed by atoms with Gasteiger partial charge in [0.1, 0.15) is 0 Å². The number of nitrogens with one attached hydrogen (secondary N) is 2. The molecule has 2 rings (SSSR count). The number of imidazole rings is 1. The number of hydrogen-bond donors (Lipinski definition) is 2. The highest BCUT2D eigenvalue weighted by molar-refractivity contribution is 6.30. The summed E-state index contributed by atoms with van der Waals surface area (Å²) in [5.41, 5.74) is 3.64. The zero-order chi connectivity index (χ0) is 12.1. The van der Waals surface area contributed by atoms with Crippen LogP contribution in [0.3, 0.4) is 0 Å². The van der Waals surface area contributed by atoms with Gasteiger partial charge in [-0.05, 0) is 17.7 Å². The first-order valence-electron chi connectivity index (χ1n) is 4.89. The second-order valence-electron chi connectivity index (χ2n) is 3.32. The lowest BCUT2D eigenvalue weighted by Gasteiger charge is -2.15. The Labute approximate surface area is 103 Å². The molecular weight excluding hydrogens is 242 g/mol. The number of aromatic nitrogens is 2.